The van der Waals surface area contributed by atoms with Gasteiger partial charge in [0.25, 0.3) is 0 Å². The number of hydrogen-bond acceptors (Lipinski definition) is 4. The van der Waals surface area contributed by atoms with Crippen LogP contribution in [0.5, 0.6) is 0 Å². The number of rotatable bonds is 4. The molecule has 1 saturated heterocycles. The van der Waals surface area contributed by atoms with Crippen LogP contribution in [0.3, 0.4) is 0 Å². The van der Waals surface area contributed by atoms with Crippen LogP contribution >= 0.6 is 0 Å². The fraction of sp³-hybridized carbons (Fsp3) is 0.727. The van der Waals surface area contributed by atoms with E-state index in [9.17, 15) is 4.79 Å². The van der Waals surface area contributed by atoms with Crippen LogP contribution < -0.4 is 0 Å². The van der Waals surface area contributed by atoms with Gasteiger partial charge in [-0.05, 0) is 26.2 Å². The van der Waals surface area contributed by atoms with Gasteiger partial charge in [-0.1, -0.05) is 6.58 Å². The lowest BCUT2D eigenvalue weighted by molar-refractivity contribution is -0.158. The lowest BCUT2D eigenvalue weighted by Gasteiger charge is -2.20. The lowest BCUT2D eigenvalue weighted by atomic mass is 9.83. The molecule has 3 atom stereocenters. The molecule has 84 valence electrons. The van der Waals surface area contributed by atoms with E-state index in [1.165, 1.54) is 6.26 Å². The summed E-state index contributed by atoms with van der Waals surface area (Å²) in [7, 11) is 0. The van der Waals surface area contributed by atoms with Crippen molar-refractivity contribution >= 4 is 5.97 Å². The first-order valence-electron chi connectivity index (χ1n) is 5.23. The molecule has 3 unspecified atom stereocenters. The molecule has 1 aliphatic carbocycles. The zero-order chi connectivity index (χ0) is 10.9. The molecule has 0 amide bonds. The van der Waals surface area contributed by atoms with Gasteiger partial charge in [-0.3, -0.25) is 4.79 Å². The molecule has 2 aliphatic rings. The number of esters is 1. The number of epoxide rings is 1. The van der Waals surface area contributed by atoms with E-state index in [-0.39, 0.29) is 30.4 Å². The number of carbonyl (C=O) groups is 1. The third-order valence-corrected chi connectivity index (χ3v) is 3.24. The van der Waals surface area contributed by atoms with E-state index in [2.05, 4.69) is 13.5 Å². The summed E-state index contributed by atoms with van der Waals surface area (Å²) in [5.41, 5.74) is 0.0500. The van der Waals surface area contributed by atoms with Crippen LogP contribution in [0.4, 0.5) is 0 Å². The summed E-state index contributed by atoms with van der Waals surface area (Å²) in [4.78, 5) is 11.5. The van der Waals surface area contributed by atoms with Crippen molar-refractivity contribution in [2.75, 3.05) is 6.79 Å². The van der Waals surface area contributed by atoms with Crippen LogP contribution in [0.1, 0.15) is 26.2 Å². The summed E-state index contributed by atoms with van der Waals surface area (Å²) in [5, 5.41) is 0. The molecular formula is C11H16O4. The number of hydrogen-bond donors (Lipinski definition) is 0. The van der Waals surface area contributed by atoms with Crippen LogP contribution in [-0.4, -0.2) is 24.5 Å². The fourth-order valence-corrected chi connectivity index (χ4v) is 2.12. The summed E-state index contributed by atoms with van der Waals surface area (Å²) < 4.78 is 15.2. The van der Waals surface area contributed by atoms with Gasteiger partial charge in [0.15, 0.2) is 0 Å². The quantitative estimate of drug-likeness (QED) is 0.233. The third-order valence-electron chi connectivity index (χ3n) is 3.24. The maximum Gasteiger partial charge on any atom is 0.311 e. The van der Waals surface area contributed by atoms with Gasteiger partial charge in [0, 0.05) is 0 Å². The van der Waals surface area contributed by atoms with Gasteiger partial charge in [-0.25, -0.2) is 0 Å². The van der Waals surface area contributed by atoms with Crippen molar-refractivity contribution in [3.05, 3.63) is 12.8 Å². The van der Waals surface area contributed by atoms with E-state index in [0.717, 1.165) is 19.3 Å². The fourth-order valence-electron chi connectivity index (χ4n) is 2.12. The van der Waals surface area contributed by atoms with Crippen LogP contribution in [-0.2, 0) is 19.0 Å². The maximum atomic E-state index is 11.5. The molecule has 0 aromatic heterocycles. The largest absolute Gasteiger partial charge is 0.466 e. The summed E-state index contributed by atoms with van der Waals surface area (Å²) in [5.74, 6) is -0.214. The SMILES string of the molecule is C=COCOC(=O)C1CCC2(C)OC2C1. The lowest BCUT2D eigenvalue weighted by Crippen LogP contribution is -2.28. The average Bonchev–Trinajstić information content (AvgIpc) is 2.88. The average molecular weight is 212 g/mol. The Balaban J connectivity index is 1.75. The molecule has 1 aliphatic heterocycles. The van der Waals surface area contributed by atoms with Gasteiger partial charge >= 0.3 is 5.97 Å². The molecule has 15 heavy (non-hydrogen) atoms. The van der Waals surface area contributed by atoms with Crippen LogP contribution in [0, 0.1) is 5.92 Å². The molecule has 0 aromatic carbocycles. The molecule has 0 aromatic rings. The van der Waals surface area contributed by atoms with Crippen molar-refractivity contribution < 1.29 is 19.0 Å². The first-order valence-corrected chi connectivity index (χ1v) is 5.23. The summed E-state index contributed by atoms with van der Waals surface area (Å²) >= 11 is 0. The molecule has 4 nitrogen and oxygen atoms in total. The van der Waals surface area contributed by atoms with Gasteiger partial charge < -0.3 is 14.2 Å². The maximum absolute atomic E-state index is 11.5. The second kappa shape index (κ2) is 3.85. The van der Waals surface area contributed by atoms with Crippen LogP contribution in [0.15, 0.2) is 12.8 Å². The third kappa shape index (κ3) is 2.15. The van der Waals surface area contributed by atoms with E-state index in [1.807, 2.05) is 0 Å². The second-order valence-corrected chi connectivity index (χ2v) is 4.31. The Morgan fingerprint density at radius 3 is 3.20 bits per heavy atom. The van der Waals surface area contributed by atoms with Crippen molar-refractivity contribution in [2.45, 2.75) is 37.9 Å². The highest BCUT2D eigenvalue weighted by Gasteiger charge is 2.56. The summed E-state index contributed by atoms with van der Waals surface area (Å²) in [6.45, 7) is 5.42. The van der Waals surface area contributed by atoms with Crippen molar-refractivity contribution in [3.63, 3.8) is 0 Å². The second-order valence-electron chi connectivity index (χ2n) is 4.31. The molecule has 0 radical (unpaired) electrons. The molecule has 0 N–H and O–H groups in total. The van der Waals surface area contributed by atoms with Gasteiger partial charge in [0.05, 0.1) is 23.9 Å². The zero-order valence-corrected chi connectivity index (χ0v) is 8.90. The molecule has 2 rings (SSSR count). The van der Waals surface area contributed by atoms with Crippen molar-refractivity contribution in [1.82, 2.24) is 0 Å². The van der Waals surface area contributed by atoms with Crippen molar-refractivity contribution in [1.29, 1.82) is 0 Å². The molecule has 1 saturated carbocycles. The molecule has 0 spiro atoms. The van der Waals surface area contributed by atoms with E-state index >= 15 is 0 Å². The Kier molecular flexibility index (Phi) is 2.69. The molecule has 2 fully saturated rings. The molecule has 0 bridgehead atoms. The minimum atomic E-state index is -0.186. The Morgan fingerprint density at radius 1 is 1.73 bits per heavy atom. The van der Waals surface area contributed by atoms with E-state index in [1.54, 1.807) is 0 Å². The van der Waals surface area contributed by atoms with Gasteiger partial charge in [0.2, 0.25) is 6.79 Å². The topological polar surface area (TPSA) is 48.1 Å². The monoisotopic (exact) mass is 212 g/mol. The van der Waals surface area contributed by atoms with E-state index < -0.39 is 0 Å². The molecular weight excluding hydrogens is 196 g/mol. The number of fused-ring (bicyclic) bond motifs is 1. The van der Waals surface area contributed by atoms with Crippen molar-refractivity contribution in [3.8, 4) is 0 Å². The standard InChI is InChI=1S/C11H16O4/c1-3-13-7-14-10(12)8-4-5-11(2)9(6-8)15-11/h3,8-9H,1,4-7H2,2H3. The van der Waals surface area contributed by atoms with Gasteiger partial charge in [-0.15, -0.1) is 0 Å². The van der Waals surface area contributed by atoms with Crippen LogP contribution in [0.2, 0.25) is 0 Å². The van der Waals surface area contributed by atoms with Crippen molar-refractivity contribution in [2.24, 2.45) is 5.92 Å². The highest BCUT2D eigenvalue weighted by Crippen LogP contribution is 2.49. The predicted octanol–water partition coefficient (Wildman–Crippen LogP) is 1.60. The first kappa shape index (κ1) is 10.5. The Morgan fingerprint density at radius 2 is 2.53 bits per heavy atom. The minimum Gasteiger partial charge on any atom is -0.466 e. The molecule has 4 heteroatoms. The predicted molar refractivity (Wildman–Crippen MR) is 52.9 cm³/mol. The van der Waals surface area contributed by atoms with E-state index in [0.29, 0.717) is 0 Å². The highest BCUT2D eigenvalue weighted by molar-refractivity contribution is 5.72. The van der Waals surface area contributed by atoms with Crippen LogP contribution in [0.25, 0.3) is 0 Å². The normalized spacial score (nSPS) is 37.7. The minimum absolute atomic E-state index is 0.0287. The number of ether oxygens (including phenoxy) is 3. The van der Waals surface area contributed by atoms with E-state index in [4.69, 9.17) is 14.2 Å². The summed E-state index contributed by atoms with van der Waals surface area (Å²) in [6.07, 6.45) is 4.09. The Labute approximate surface area is 89.2 Å². The highest BCUT2D eigenvalue weighted by atomic mass is 16.7. The Hall–Kier alpha value is -1.03. The van der Waals surface area contributed by atoms with Gasteiger partial charge in [-0.2, -0.15) is 0 Å². The molecule has 1 heterocycles. The zero-order valence-electron chi connectivity index (χ0n) is 8.90. The van der Waals surface area contributed by atoms with Gasteiger partial charge in [0.1, 0.15) is 0 Å². The first-order chi connectivity index (χ1) is 7.15. The number of carbonyl (C=O) groups excluding carboxylic acids is 1. The smallest absolute Gasteiger partial charge is 0.311 e. The Bertz CT molecular complexity index is 276. The summed E-state index contributed by atoms with van der Waals surface area (Å²) in [6, 6.07) is 0.